The maximum atomic E-state index is 13.0. The van der Waals surface area contributed by atoms with Gasteiger partial charge in [-0.1, -0.05) is 12.1 Å². The molecule has 1 unspecified atom stereocenters. The summed E-state index contributed by atoms with van der Waals surface area (Å²) in [4.78, 5) is 40.9. The number of nitrogens with zero attached hydrogens (tertiary/aromatic N) is 4. The van der Waals surface area contributed by atoms with Crippen LogP contribution < -0.4 is 16.6 Å². The van der Waals surface area contributed by atoms with E-state index in [0.29, 0.717) is 0 Å². The van der Waals surface area contributed by atoms with Gasteiger partial charge in [-0.2, -0.15) is 4.98 Å². The fourth-order valence-electron chi connectivity index (χ4n) is 2.83. The van der Waals surface area contributed by atoms with Gasteiger partial charge in [-0.25, -0.2) is 9.18 Å². The second-order valence-electron chi connectivity index (χ2n) is 6.19. The lowest BCUT2D eigenvalue weighted by molar-refractivity contribution is -0.122. The van der Waals surface area contributed by atoms with Gasteiger partial charge in [0.15, 0.2) is 11.2 Å². The van der Waals surface area contributed by atoms with E-state index < -0.39 is 17.2 Å². The molecule has 2 heterocycles. The Hall–Kier alpha value is -2.94. The smallest absolute Gasteiger partial charge is 0.332 e. The van der Waals surface area contributed by atoms with Gasteiger partial charge in [0.05, 0.1) is 6.04 Å². The van der Waals surface area contributed by atoms with E-state index in [9.17, 15) is 18.8 Å². The molecule has 8 nitrogen and oxygen atoms in total. The van der Waals surface area contributed by atoms with Crippen molar-refractivity contribution in [1.82, 2.24) is 24.0 Å². The molecule has 1 atom stereocenters. The third-order valence-corrected chi connectivity index (χ3v) is 4.64. The molecule has 0 aliphatic rings. The number of benzene rings is 1. The molecule has 0 aliphatic heterocycles. The Morgan fingerprint density at radius 2 is 1.85 bits per heavy atom. The van der Waals surface area contributed by atoms with E-state index in [1.165, 1.54) is 35.4 Å². The highest BCUT2D eigenvalue weighted by atomic mass is 35.5. The summed E-state index contributed by atoms with van der Waals surface area (Å²) >= 11 is 6.10. The Morgan fingerprint density at radius 3 is 2.48 bits per heavy atom. The van der Waals surface area contributed by atoms with Crippen molar-refractivity contribution in [2.75, 3.05) is 0 Å². The van der Waals surface area contributed by atoms with E-state index in [4.69, 9.17) is 11.6 Å². The molecular weight excluding hydrogens is 377 g/mol. The number of hydrogen-bond acceptors (Lipinski definition) is 4. The summed E-state index contributed by atoms with van der Waals surface area (Å²) in [6, 6.07) is 5.39. The molecule has 0 fully saturated rings. The summed E-state index contributed by atoms with van der Waals surface area (Å²) in [5, 5.41) is 2.68. The standard InChI is InChI=1S/C17H17ClFN5O3/c1-9(10-4-6-11(19)7-5-10)20-12(25)8-24-13-14(21-16(24)18)22(2)17(27)23(3)15(13)26/h4-7,9H,8H2,1-3H3,(H,20,25). The van der Waals surface area contributed by atoms with Gasteiger partial charge in [0.25, 0.3) is 5.56 Å². The molecule has 0 saturated heterocycles. The number of carbonyl (C=O) groups excluding carboxylic acids is 1. The third-order valence-electron chi connectivity index (χ3n) is 4.35. The highest BCUT2D eigenvalue weighted by molar-refractivity contribution is 6.29. The molecule has 0 saturated carbocycles. The SMILES string of the molecule is CC(NC(=O)Cn1c(Cl)nc2c1c(=O)n(C)c(=O)n2C)c1ccc(F)cc1. The minimum atomic E-state index is -0.591. The molecule has 3 aromatic rings. The van der Waals surface area contributed by atoms with Crippen molar-refractivity contribution in [2.24, 2.45) is 14.1 Å². The minimum absolute atomic E-state index is 0.0641. The van der Waals surface area contributed by atoms with Crippen LogP contribution in [0.1, 0.15) is 18.5 Å². The van der Waals surface area contributed by atoms with Crippen LogP contribution in [0.4, 0.5) is 4.39 Å². The quantitative estimate of drug-likeness (QED) is 0.672. The number of aryl methyl sites for hydroxylation is 1. The highest BCUT2D eigenvalue weighted by Crippen LogP contribution is 2.16. The lowest BCUT2D eigenvalue weighted by Crippen LogP contribution is -2.38. The number of rotatable bonds is 4. The maximum absolute atomic E-state index is 13.0. The first-order valence-electron chi connectivity index (χ1n) is 8.07. The van der Waals surface area contributed by atoms with Gasteiger partial charge < -0.3 is 5.32 Å². The average molecular weight is 394 g/mol. The van der Waals surface area contributed by atoms with Crippen LogP contribution in [0.5, 0.6) is 0 Å². The van der Waals surface area contributed by atoms with Crippen molar-refractivity contribution >= 4 is 28.7 Å². The molecule has 0 radical (unpaired) electrons. The Labute approximate surface area is 157 Å². The molecule has 0 aliphatic carbocycles. The first-order valence-corrected chi connectivity index (χ1v) is 8.45. The van der Waals surface area contributed by atoms with E-state index in [0.717, 1.165) is 10.1 Å². The van der Waals surface area contributed by atoms with Gasteiger partial charge in [-0.05, 0) is 36.2 Å². The summed E-state index contributed by atoms with van der Waals surface area (Å²) in [5.41, 5.74) is -0.235. The molecule has 142 valence electrons. The van der Waals surface area contributed by atoms with Crippen LogP contribution in [0.3, 0.4) is 0 Å². The number of nitrogens with one attached hydrogen (secondary N) is 1. The highest BCUT2D eigenvalue weighted by Gasteiger charge is 2.20. The lowest BCUT2D eigenvalue weighted by Gasteiger charge is -2.15. The van der Waals surface area contributed by atoms with Gasteiger partial charge >= 0.3 is 5.69 Å². The van der Waals surface area contributed by atoms with Gasteiger partial charge in [0.2, 0.25) is 11.2 Å². The molecule has 1 aromatic carbocycles. The van der Waals surface area contributed by atoms with E-state index >= 15 is 0 Å². The predicted octanol–water partition coefficient (Wildman–Crippen LogP) is 1.10. The zero-order valence-electron chi connectivity index (χ0n) is 14.9. The zero-order valence-corrected chi connectivity index (χ0v) is 15.6. The summed E-state index contributed by atoms with van der Waals surface area (Å²) < 4.78 is 16.4. The third kappa shape index (κ3) is 3.37. The van der Waals surface area contributed by atoms with Crippen LogP contribution >= 0.6 is 11.6 Å². The fourth-order valence-corrected chi connectivity index (χ4v) is 3.05. The number of hydrogen-bond donors (Lipinski definition) is 1. The molecule has 27 heavy (non-hydrogen) atoms. The number of halogens is 2. The van der Waals surface area contributed by atoms with E-state index in [1.54, 1.807) is 19.1 Å². The number of carbonyl (C=O) groups is 1. The summed E-state index contributed by atoms with van der Waals surface area (Å²) in [7, 11) is 2.81. The van der Waals surface area contributed by atoms with Gasteiger partial charge in [0, 0.05) is 14.1 Å². The summed E-state index contributed by atoms with van der Waals surface area (Å²) in [6.07, 6.45) is 0. The van der Waals surface area contributed by atoms with Crippen molar-refractivity contribution in [3.63, 3.8) is 0 Å². The topological polar surface area (TPSA) is 90.9 Å². The second-order valence-corrected chi connectivity index (χ2v) is 6.52. The van der Waals surface area contributed by atoms with Gasteiger partial charge in [0.1, 0.15) is 12.4 Å². The minimum Gasteiger partial charge on any atom is -0.348 e. The van der Waals surface area contributed by atoms with Crippen LogP contribution in [0.2, 0.25) is 5.28 Å². The van der Waals surface area contributed by atoms with Crippen molar-refractivity contribution in [3.8, 4) is 0 Å². The molecular formula is C17H17ClFN5O3. The first kappa shape index (κ1) is 18.8. The normalized spacial score (nSPS) is 12.3. The number of imidazole rings is 1. The zero-order chi connectivity index (χ0) is 19.9. The largest absolute Gasteiger partial charge is 0.348 e. The number of amides is 1. The number of aromatic nitrogens is 4. The molecule has 3 rings (SSSR count). The molecule has 0 spiro atoms. The second kappa shape index (κ2) is 6.99. The van der Waals surface area contributed by atoms with Crippen LogP contribution in [-0.4, -0.2) is 24.6 Å². The molecule has 1 amide bonds. The van der Waals surface area contributed by atoms with Gasteiger partial charge in [-0.3, -0.25) is 23.3 Å². The Morgan fingerprint density at radius 1 is 1.22 bits per heavy atom. The van der Waals surface area contributed by atoms with Crippen LogP contribution in [0, 0.1) is 5.82 Å². The van der Waals surface area contributed by atoms with E-state index in [1.807, 2.05) is 0 Å². The average Bonchev–Trinajstić information content (AvgIpc) is 2.95. The molecule has 2 aromatic heterocycles. The van der Waals surface area contributed by atoms with Gasteiger partial charge in [-0.15, -0.1) is 0 Å². The van der Waals surface area contributed by atoms with Crippen molar-refractivity contribution in [2.45, 2.75) is 19.5 Å². The predicted molar refractivity (Wildman–Crippen MR) is 98.2 cm³/mol. The molecule has 0 bridgehead atoms. The van der Waals surface area contributed by atoms with Crippen LogP contribution in [0.25, 0.3) is 11.2 Å². The first-order chi connectivity index (χ1) is 12.7. The van der Waals surface area contributed by atoms with E-state index in [2.05, 4.69) is 10.3 Å². The van der Waals surface area contributed by atoms with Crippen LogP contribution in [0.15, 0.2) is 33.9 Å². The fraction of sp³-hybridized carbons (Fsp3) is 0.294. The van der Waals surface area contributed by atoms with Crippen molar-refractivity contribution < 1.29 is 9.18 Å². The number of fused-ring (bicyclic) bond motifs is 1. The summed E-state index contributed by atoms with van der Waals surface area (Å²) in [6.45, 7) is 1.50. The monoisotopic (exact) mass is 393 g/mol. The Balaban J connectivity index is 1.91. The molecule has 1 N–H and O–H groups in total. The van der Waals surface area contributed by atoms with E-state index in [-0.39, 0.29) is 34.9 Å². The molecule has 10 heteroatoms. The summed E-state index contributed by atoms with van der Waals surface area (Å²) in [5.74, 6) is -0.778. The van der Waals surface area contributed by atoms with Crippen molar-refractivity contribution in [1.29, 1.82) is 0 Å². The Kier molecular flexibility index (Phi) is 4.88. The Bertz CT molecular complexity index is 1150. The maximum Gasteiger partial charge on any atom is 0.332 e. The lowest BCUT2D eigenvalue weighted by atomic mass is 10.1. The van der Waals surface area contributed by atoms with Crippen LogP contribution in [-0.2, 0) is 25.4 Å². The van der Waals surface area contributed by atoms with Crippen molar-refractivity contribution in [3.05, 3.63) is 61.8 Å².